The van der Waals surface area contributed by atoms with E-state index >= 15 is 0 Å². The number of unbranched alkanes of at least 4 members (excludes halogenated alkanes) is 11. The van der Waals surface area contributed by atoms with Gasteiger partial charge in [0, 0.05) is 19.3 Å². The Kier molecular flexibility index (Phi) is 15.3. The van der Waals surface area contributed by atoms with Gasteiger partial charge >= 0.3 is 5.97 Å². The molecule has 0 aliphatic heterocycles. The molecule has 1 N–H and O–H groups in total. The minimum atomic E-state index is -0.664. The molecule has 0 atom stereocenters. The minimum Gasteiger partial charge on any atom is -0.481 e. The molecule has 0 aromatic heterocycles. The zero-order valence-corrected chi connectivity index (χ0v) is 13.3. The van der Waals surface area contributed by atoms with E-state index < -0.39 is 5.97 Å². The van der Waals surface area contributed by atoms with Crippen LogP contribution < -0.4 is 0 Å². The Hall–Kier alpha value is -0.970. The van der Waals surface area contributed by atoms with Gasteiger partial charge < -0.3 is 5.11 Å². The van der Waals surface area contributed by atoms with Gasteiger partial charge in [-0.15, -0.1) is 11.8 Å². The van der Waals surface area contributed by atoms with Crippen LogP contribution >= 0.6 is 0 Å². The number of hydrogen-bond donors (Lipinski definition) is 1. The van der Waals surface area contributed by atoms with E-state index in [-0.39, 0.29) is 0 Å². The highest BCUT2D eigenvalue weighted by Crippen LogP contribution is 2.11. The Morgan fingerprint density at radius 2 is 1.20 bits per heavy atom. The monoisotopic (exact) mass is 280 g/mol. The van der Waals surface area contributed by atoms with Crippen LogP contribution in [0.15, 0.2) is 0 Å². The van der Waals surface area contributed by atoms with Gasteiger partial charge in [-0.25, -0.2) is 0 Å². The second-order valence-electron chi connectivity index (χ2n) is 5.53. The van der Waals surface area contributed by atoms with Crippen LogP contribution in [-0.4, -0.2) is 11.1 Å². The standard InChI is InChI=1S/C18H32O2/c1-2-3-4-5-6-7-8-9-10-11-12-13-14-15-16-17-18(19)20/h2-4,7-17H2,1H3,(H,19,20). The van der Waals surface area contributed by atoms with Gasteiger partial charge in [0.2, 0.25) is 0 Å². The maximum absolute atomic E-state index is 10.3. The van der Waals surface area contributed by atoms with Crippen molar-refractivity contribution in [3.8, 4) is 11.8 Å². The van der Waals surface area contributed by atoms with E-state index in [2.05, 4.69) is 18.8 Å². The second-order valence-corrected chi connectivity index (χ2v) is 5.53. The molecule has 0 aromatic rings. The molecule has 0 unspecified atom stereocenters. The Bertz CT molecular complexity index is 273. The Morgan fingerprint density at radius 3 is 1.70 bits per heavy atom. The normalized spacial score (nSPS) is 10.1. The van der Waals surface area contributed by atoms with Gasteiger partial charge in [0.1, 0.15) is 0 Å². The van der Waals surface area contributed by atoms with Gasteiger partial charge in [-0.05, 0) is 19.3 Å². The fourth-order valence-electron chi connectivity index (χ4n) is 2.17. The SMILES string of the molecule is CCCCC#CCCCCCCCCCCCC(=O)O. The fourth-order valence-corrected chi connectivity index (χ4v) is 2.17. The average molecular weight is 280 g/mol. The van der Waals surface area contributed by atoms with E-state index in [1.165, 1.54) is 57.8 Å². The molecule has 0 rings (SSSR count). The minimum absolute atomic E-state index is 0.333. The lowest BCUT2D eigenvalue weighted by Crippen LogP contribution is -1.93. The van der Waals surface area contributed by atoms with Gasteiger partial charge in [0.25, 0.3) is 0 Å². The summed E-state index contributed by atoms with van der Waals surface area (Å²) < 4.78 is 0. The number of carboxylic acids is 1. The van der Waals surface area contributed by atoms with Crippen molar-refractivity contribution in [1.82, 2.24) is 0 Å². The van der Waals surface area contributed by atoms with Crippen molar-refractivity contribution in [2.24, 2.45) is 0 Å². The molecule has 0 spiro atoms. The quantitative estimate of drug-likeness (QED) is 0.354. The van der Waals surface area contributed by atoms with E-state index in [9.17, 15) is 4.79 Å². The first-order chi connectivity index (χ1) is 9.77. The number of hydrogen-bond acceptors (Lipinski definition) is 1. The summed E-state index contributed by atoms with van der Waals surface area (Å²) in [4.78, 5) is 10.3. The third-order valence-electron chi connectivity index (χ3n) is 3.47. The van der Waals surface area contributed by atoms with Crippen LogP contribution in [0.25, 0.3) is 0 Å². The molecule has 0 fully saturated rings. The molecule has 2 nitrogen and oxygen atoms in total. The van der Waals surface area contributed by atoms with Crippen LogP contribution in [0.5, 0.6) is 0 Å². The number of rotatable bonds is 13. The Morgan fingerprint density at radius 1 is 0.750 bits per heavy atom. The van der Waals surface area contributed by atoms with Gasteiger partial charge in [-0.1, -0.05) is 58.3 Å². The van der Waals surface area contributed by atoms with Crippen molar-refractivity contribution in [1.29, 1.82) is 0 Å². The number of carbonyl (C=O) groups is 1. The first-order valence-electron chi connectivity index (χ1n) is 8.45. The van der Waals surface area contributed by atoms with Crippen LogP contribution in [0.3, 0.4) is 0 Å². The number of aliphatic carboxylic acids is 1. The van der Waals surface area contributed by atoms with Crippen molar-refractivity contribution >= 4 is 5.97 Å². The van der Waals surface area contributed by atoms with Gasteiger partial charge in [-0.3, -0.25) is 4.79 Å². The Labute approximate surface area is 125 Å². The zero-order chi connectivity index (χ0) is 14.9. The number of carboxylic acid groups (broad SMARTS) is 1. The first-order valence-corrected chi connectivity index (χ1v) is 8.45. The smallest absolute Gasteiger partial charge is 0.303 e. The maximum Gasteiger partial charge on any atom is 0.303 e. The fraction of sp³-hybridized carbons (Fsp3) is 0.833. The van der Waals surface area contributed by atoms with E-state index in [0.29, 0.717) is 6.42 Å². The predicted octanol–water partition coefficient (Wildman–Crippen LogP) is 5.56. The van der Waals surface area contributed by atoms with Crippen LogP contribution in [-0.2, 0) is 4.79 Å². The van der Waals surface area contributed by atoms with E-state index in [0.717, 1.165) is 25.7 Å². The largest absolute Gasteiger partial charge is 0.481 e. The summed E-state index contributed by atoms with van der Waals surface area (Å²) in [5.41, 5.74) is 0. The molecular weight excluding hydrogens is 248 g/mol. The van der Waals surface area contributed by atoms with Gasteiger partial charge in [0.15, 0.2) is 0 Å². The van der Waals surface area contributed by atoms with E-state index in [1.807, 2.05) is 0 Å². The average Bonchev–Trinajstić information content (AvgIpc) is 2.43. The van der Waals surface area contributed by atoms with Crippen molar-refractivity contribution in [2.45, 2.75) is 96.8 Å². The molecule has 0 aromatic carbocycles. The molecule has 0 amide bonds. The summed E-state index contributed by atoms with van der Waals surface area (Å²) in [6.45, 7) is 2.20. The van der Waals surface area contributed by atoms with Crippen molar-refractivity contribution < 1.29 is 9.90 Å². The van der Waals surface area contributed by atoms with Gasteiger partial charge in [0.05, 0.1) is 0 Å². The molecule has 0 radical (unpaired) electrons. The van der Waals surface area contributed by atoms with Crippen LogP contribution in [0.4, 0.5) is 0 Å². The summed E-state index contributed by atoms with van der Waals surface area (Å²) in [6, 6.07) is 0. The highest BCUT2D eigenvalue weighted by Gasteiger charge is 1.96. The summed E-state index contributed by atoms with van der Waals surface area (Å²) >= 11 is 0. The Balaban J connectivity index is 3.05. The van der Waals surface area contributed by atoms with Crippen molar-refractivity contribution in [3.63, 3.8) is 0 Å². The predicted molar refractivity (Wildman–Crippen MR) is 85.7 cm³/mol. The first kappa shape index (κ1) is 19.0. The molecule has 0 saturated heterocycles. The van der Waals surface area contributed by atoms with Crippen LogP contribution in [0.1, 0.15) is 96.8 Å². The third kappa shape index (κ3) is 17.0. The maximum atomic E-state index is 10.3. The summed E-state index contributed by atoms with van der Waals surface area (Å²) in [5.74, 6) is 5.83. The summed E-state index contributed by atoms with van der Waals surface area (Å²) in [7, 11) is 0. The summed E-state index contributed by atoms with van der Waals surface area (Å²) in [6.07, 6.45) is 15.8. The van der Waals surface area contributed by atoms with E-state index in [4.69, 9.17) is 5.11 Å². The molecule has 0 saturated carbocycles. The molecule has 0 aliphatic carbocycles. The van der Waals surface area contributed by atoms with Crippen molar-refractivity contribution in [2.75, 3.05) is 0 Å². The highest BCUT2D eigenvalue weighted by atomic mass is 16.4. The molecule has 116 valence electrons. The van der Waals surface area contributed by atoms with E-state index in [1.54, 1.807) is 0 Å². The van der Waals surface area contributed by atoms with Crippen LogP contribution in [0, 0.1) is 11.8 Å². The molecule has 2 heteroatoms. The second kappa shape index (κ2) is 16.1. The molecule has 20 heavy (non-hydrogen) atoms. The highest BCUT2D eigenvalue weighted by molar-refractivity contribution is 5.66. The van der Waals surface area contributed by atoms with Crippen molar-refractivity contribution in [3.05, 3.63) is 0 Å². The third-order valence-corrected chi connectivity index (χ3v) is 3.47. The molecular formula is C18H32O2. The lowest BCUT2D eigenvalue weighted by atomic mass is 10.1. The van der Waals surface area contributed by atoms with Crippen LogP contribution in [0.2, 0.25) is 0 Å². The van der Waals surface area contributed by atoms with Gasteiger partial charge in [-0.2, -0.15) is 0 Å². The molecule has 0 bridgehead atoms. The lowest BCUT2D eigenvalue weighted by Gasteiger charge is -2.01. The summed E-state index contributed by atoms with van der Waals surface area (Å²) in [5, 5.41) is 8.51. The topological polar surface area (TPSA) is 37.3 Å². The molecule has 0 aliphatic rings. The molecule has 0 heterocycles. The zero-order valence-electron chi connectivity index (χ0n) is 13.3. The lowest BCUT2D eigenvalue weighted by molar-refractivity contribution is -0.137.